The number of carboxylic acids is 2. The maximum atomic E-state index is 11.3. The van der Waals surface area contributed by atoms with Crippen molar-refractivity contribution in [1.82, 2.24) is 5.32 Å². The summed E-state index contributed by atoms with van der Waals surface area (Å²) in [7, 11) is 0. The molecule has 1 aromatic rings. The smallest absolute Gasteiger partial charge is 0.356 e. The molecule has 1 aliphatic rings. The van der Waals surface area contributed by atoms with Gasteiger partial charge >= 0.3 is 11.9 Å². The Morgan fingerprint density at radius 3 is 2.41 bits per heavy atom. The van der Waals surface area contributed by atoms with Crippen molar-refractivity contribution >= 4 is 11.9 Å². The van der Waals surface area contributed by atoms with Gasteiger partial charge in [0.2, 0.25) is 5.72 Å². The lowest BCUT2D eigenvalue weighted by Crippen LogP contribution is -2.46. The normalized spacial score (nSPS) is 27.9. The van der Waals surface area contributed by atoms with Crippen molar-refractivity contribution in [2.45, 2.75) is 11.8 Å². The number of carboxylic acid groups (broad SMARTS) is 2. The quantitative estimate of drug-likeness (QED) is 0.684. The summed E-state index contributed by atoms with van der Waals surface area (Å²) < 4.78 is 5.15. The van der Waals surface area contributed by atoms with E-state index < -0.39 is 23.8 Å². The largest absolute Gasteiger partial charge is 0.479 e. The average Bonchev–Trinajstić information content (AvgIpc) is 2.76. The van der Waals surface area contributed by atoms with Crippen LogP contribution in [0, 0.1) is 0 Å². The number of aliphatic carboxylic acids is 2. The van der Waals surface area contributed by atoms with Crippen LogP contribution in [-0.2, 0) is 20.1 Å². The first-order chi connectivity index (χ1) is 8.06. The number of hydrogen-bond donors (Lipinski definition) is 3. The van der Waals surface area contributed by atoms with Crippen molar-refractivity contribution in [3.8, 4) is 0 Å². The third-order valence-corrected chi connectivity index (χ3v) is 2.61. The van der Waals surface area contributed by atoms with Crippen molar-refractivity contribution in [3.63, 3.8) is 0 Å². The van der Waals surface area contributed by atoms with Crippen LogP contribution in [0.1, 0.15) is 5.56 Å². The van der Waals surface area contributed by atoms with Crippen molar-refractivity contribution in [3.05, 3.63) is 35.9 Å². The standard InChI is InChI=1S/C11H11NO5/c13-9(14)8-6-12-11(17-8,10(15)16)7-4-2-1-3-5-7/h1-5,8,12H,6H2,(H,13,14)(H,15,16). The summed E-state index contributed by atoms with van der Waals surface area (Å²) in [5.74, 6) is -2.44. The summed E-state index contributed by atoms with van der Waals surface area (Å²) in [6, 6.07) is 8.22. The third kappa shape index (κ3) is 1.88. The Labute approximate surface area is 96.8 Å². The van der Waals surface area contributed by atoms with Crippen LogP contribution in [0.15, 0.2) is 30.3 Å². The van der Waals surface area contributed by atoms with Gasteiger partial charge in [-0.15, -0.1) is 0 Å². The van der Waals surface area contributed by atoms with E-state index in [4.69, 9.17) is 9.84 Å². The van der Waals surface area contributed by atoms with Gasteiger partial charge in [-0.1, -0.05) is 30.3 Å². The summed E-state index contributed by atoms with van der Waals surface area (Å²) in [4.78, 5) is 22.1. The predicted octanol–water partition coefficient (Wildman–Crippen LogP) is -0.00300. The molecule has 1 aromatic carbocycles. The summed E-state index contributed by atoms with van der Waals surface area (Å²) in [5, 5.41) is 20.7. The lowest BCUT2D eigenvalue weighted by molar-refractivity contribution is -0.174. The van der Waals surface area contributed by atoms with E-state index >= 15 is 0 Å². The highest BCUT2D eigenvalue weighted by Crippen LogP contribution is 2.29. The van der Waals surface area contributed by atoms with Gasteiger partial charge in [0.1, 0.15) is 0 Å². The lowest BCUT2D eigenvalue weighted by atomic mass is 10.0. The Bertz CT molecular complexity index is 446. The van der Waals surface area contributed by atoms with Gasteiger partial charge < -0.3 is 14.9 Å². The van der Waals surface area contributed by atoms with Gasteiger partial charge in [0.15, 0.2) is 6.10 Å². The van der Waals surface area contributed by atoms with Crippen LogP contribution >= 0.6 is 0 Å². The molecule has 2 unspecified atom stereocenters. The minimum atomic E-state index is -1.77. The van der Waals surface area contributed by atoms with Crippen LogP contribution < -0.4 is 5.32 Å². The van der Waals surface area contributed by atoms with Gasteiger partial charge in [0, 0.05) is 12.1 Å². The van der Waals surface area contributed by atoms with E-state index in [1.54, 1.807) is 30.3 Å². The molecule has 0 amide bonds. The fourth-order valence-corrected chi connectivity index (χ4v) is 1.76. The first kappa shape index (κ1) is 11.6. The van der Waals surface area contributed by atoms with Crippen LogP contribution in [0.3, 0.4) is 0 Å². The number of hydrogen-bond acceptors (Lipinski definition) is 4. The second kappa shape index (κ2) is 4.15. The average molecular weight is 237 g/mol. The minimum Gasteiger partial charge on any atom is -0.479 e. The molecule has 0 spiro atoms. The topological polar surface area (TPSA) is 95.9 Å². The fourth-order valence-electron chi connectivity index (χ4n) is 1.76. The third-order valence-electron chi connectivity index (χ3n) is 2.61. The highest BCUT2D eigenvalue weighted by atomic mass is 16.6. The maximum absolute atomic E-state index is 11.3. The number of ether oxygens (including phenoxy) is 1. The number of rotatable bonds is 3. The molecule has 2 rings (SSSR count). The van der Waals surface area contributed by atoms with Crippen molar-refractivity contribution in [1.29, 1.82) is 0 Å². The van der Waals surface area contributed by atoms with E-state index in [1.807, 2.05) is 0 Å². The number of carbonyl (C=O) groups is 2. The molecule has 1 fully saturated rings. The van der Waals surface area contributed by atoms with Gasteiger partial charge in [0.05, 0.1) is 0 Å². The van der Waals surface area contributed by atoms with Crippen molar-refractivity contribution in [2.75, 3.05) is 6.54 Å². The molecule has 0 bridgehead atoms. The second-order valence-corrected chi connectivity index (χ2v) is 3.68. The predicted molar refractivity (Wildman–Crippen MR) is 56.3 cm³/mol. The first-order valence-corrected chi connectivity index (χ1v) is 5.01. The highest BCUT2D eigenvalue weighted by molar-refractivity contribution is 5.81. The monoisotopic (exact) mass is 237 g/mol. The van der Waals surface area contributed by atoms with E-state index in [9.17, 15) is 14.7 Å². The molecule has 0 saturated carbocycles. The molecule has 17 heavy (non-hydrogen) atoms. The van der Waals surface area contributed by atoms with Crippen molar-refractivity contribution < 1.29 is 24.5 Å². The summed E-state index contributed by atoms with van der Waals surface area (Å²) in [6.07, 6.45) is -1.16. The molecule has 90 valence electrons. The molecular formula is C11H11NO5. The Hall–Kier alpha value is -1.92. The summed E-state index contributed by atoms with van der Waals surface area (Å²) in [5.41, 5.74) is -1.40. The van der Waals surface area contributed by atoms with Crippen LogP contribution in [0.4, 0.5) is 0 Å². The van der Waals surface area contributed by atoms with Crippen LogP contribution in [0.25, 0.3) is 0 Å². The molecule has 6 heteroatoms. The van der Waals surface area contributed by atoms with E-state index in [0.717, 1.165) is 0 Å². The number of nitrogens with one attached hydrogen (secondary N) is 1. The van der Waals surface area contributed by atoms with Crippen LogP contribution in [0.2, 0.25) is 0 Å². The zero-order valence-corrected chi connectivity index (χ0v) is 8.79. The van der Waals surface area contributed by atoms with Crippen LogP contribution in [0.5, 0.6) is 0 Å². The zero-order valence-electron chi connectivity index (χ0n) is 8.79. The zero-order chi connectivity index (χ0) is 12.5. The van der Waals surface area contributed by atoms with E-state index in [0.29, 0.717) is 5.56 Å². The molecule has 1 aliphatic heterocycles. The van der Waals surface area contributed by atoms with Gasteiger partial charge in [-0.2, -0.15) is 0 Å². The van der Waals surface area contributed by atoms with E-state index in [-0.39, 0.29) is 6.54 Å². The fraction of sp³-hybridized carbons (Fsp3) is 0.273. The Balaban J connectivity index is 2.37. The molecule has 6 nitrogen and oxygen atoms in total. The Morgan fingerprint density at radius 2 is 1.94 bits per heavy atom. The molecule has 3 N–H and O–H groups in total. The van der Waals surface area contributed by atoms with E-state index in [1.165, 1.54) is 0 Å². The maximum Gasteiger partial charge on any atom is 0.356 e. The molecule has 0 aromatic heterocycles. The van der Waals surface area contributed by atoms with Gasteiger partial charge in [0.25, 0.3) is 0 Å². The van der Waals surface area contributed by atoms with E-state index in [2.05, 4.69) is 5.32 Å². The molecule has 1 saturated heterocycles. The van der Waals surface area contributed by atoms with Crippen molar-refractivity contribution in [2.24, 2.45) is 0 Å². The SMILES string of the molecule is O=C(O)C1CNC(C(=O)O)(c2ccccc2)O1. The van der Waals surface area contributed by atoms with Gasteiger partial charge in [-0.05, 0) is 0 Å². The molecule has 0 aliphatic carbocycles. The molecule has 1 heterocycles. The Kier molecular flexibility index (Phi) is 2.83. The minimum absolute atomic E-state index is 0.0451. The highest BCUT2D eigenvalue weighted by Gasteiger charge is 2.50. The lowest BCUT2D eigenvalue weighted by Gasteiger charge is -2.24. The first-order valence-electron chi connectivity index (χ1n) is 5.01. The molecule has 2 atom stereocenters. The summed E-state index contributed by atoms with van der Waals surface area (Å²) >= 11 is 0. The van der Waals surface area contributed by atoms with Gasteiger partial charge in [-0.25, -0.2) is 9.59 Å². The summed E-state index contributed by atoms with van der Waals surface area (Å²) in [6.45, 7) is -0.0451. The Morgan fingerprint density at radius 1 is 1.29 bits per heavy atom. The number of benzene rings is 1. The van der Waals surface area contributed by atoms with Gasteiger partial charge in [-0.3, -0.25) is 5.32 Å². The van der Waals surface area contributed by atoms with Crippen LogP contribution in [-0.4, -0.2) is 34.8 Å². The molecular weight excluding hydrogens is 226 g/mol. The molecule has 0 radical (unpaired) electrons. The second-order valence-electron chi connectivity index (χ2n) is 3.68.